The van der Waals surface area contributed by atoms with E-state index in [0.717, 1.165) is 18.4 Å². The number of nitrogens with one attached hydrogen (secondary N) is 2. The molecule has 1 aromatic carbocycles. The largest absolute Gasteiger partial charge is 0.462 e. The van der Waals surface area contributed by atoms with Crippen LogP contribution < -0.4 is 10.6 Å². The first-order chi connectivity index (χ1) is 15.4. The van der Waals surface area contributed by atoms with Gasteiger partial charge in [-0.1, -0.05) is 36.8 Å². The Morgan fingerprint density at radius 2 is 1.75 bits per heavy atom. The number of carbonyl (C=O) groups is 4. The summed E-state index contributed by atoms with van der Waals surface area (Å²) in [6, 6.07) is 9.33. The van der Waals surface area contributed by atoms with Crippen LogP contribution in [0.1, 0.15) is 49.9 Å². The average Bonchev–Trinajstić information content (AvgIpc) is 3.18. The predicted molar refractivity (Wildman–Crippen MR) is 122 cm³/mol. The second kappa shape index (κ2) is 13.3. The lowest BCUT2D eigenvalue weighted by Gasteiger charge is -2.09. The van der Waals surface area contributed by atoms with Crippen molar-refractivity contribution in [2.45, 2.75) is 39.5 Å². The zero-order chi connectivity index (χ0) is 23.3. The van der Waals surface area contributed by atoms with Crippen LogP contribution in [0.4, 0.5) is 5.00 Å². The van der Waals surface area contributed by atoms with Gasteiger partial charge in [0.05, 0.1) is 6.61 Å². The van der Waals surface area contributed by atoms with Crippen LogP contribution >= 0.6 is 11.3 Å². The smallest absolute Gasteiger partial charge is 0.341 e. The molecule has 1 heterocycles. The standard InChI is InChI=1S/C23H28N2O6S/c1-3-30-23(29)21-18(17-10-6-4-7-11-17)15-32-22(21)25-19(27)14-31-20(28)12-8-5-9-13-24-16(2)26/h4,6-7,10-11,15H,3,5,8-9,12-14H2,1-2H3,(H,24,26)(H,25,27). The average molecular weight is 461 g/mol. The van der Waals surface area contributed by atoms with E-state index < -0.39 is 24.5 Å². The van der Waals surface area contributed by atoms with Crippen molar-refractivity contribution in [2.24, 2.45) is 0 Å². The lowest BCUT2D eigenvalue weighted by atomic mass is 10.0. The molecule has 2 rings (SSSR count). The van der Waals surface area contributed by atoms with Crippen LogP contribution in [0.2, 0.25) is 0 Å². The zero-order valence-corrected chi connectivity index (χ0v) is 19.1. The van der Waals surface area contributed by atoms with E-state index in [1.165, 1.54) is 18.3 Å². The van der Waals surface area contributed by atoms with Crippen molar-refractivity contribution in [1.29, 1.82) is 0 Å². The molecule has 2 amide bonds. The lowest BCUT2D eigenvalue weighted by Crippen LogP contribution is -2.22. The van der Waals surface area contributed by atoms with E-state index in [2.05, 4.69) is 10.6 Å². The molecule has 2 N–H and O–H groups in total. The summed E-state index contributed by atoms with van der Waals surface area (Å²) in [5.74, 6) is -1.61. The van der Waals surface area contributed by atoms with Gasteiger partial charge in [0.25, 0.3) is 5.91 Å². The van der Waals surface area contributed by atoms with Crippen molar-refractivity contribution in [3.05, 3.63) is 41.3 Å². The van der Waals surface area contributed by atoms with Gasteiger partial charge in [-0.2, -0.15) is 0 Å². The SMILES string of the molecule is CCOC(=O)c1c(-c2ccccc2)csc1NC(=O)COC(=O)CCCCCNC(C)=O. The normalized spacial score (nSPS) is 10.3. The van der Waals surface area contributed by atoms with Crippen LogP contribution in [0.5, 0.6) is 0 Å². The molecule has 172 valence electrons. The first-order valence-corrected chi connectivity index (χ1v) is 11.3. The van der Waals surface area contributed by atoms with Crippen LogP contribution in [0.25, 0.3) is 11.1 Å². The van der Waals surface area contributed by atoms with Crippen molar-refractivity contribution in [3.63, 3.8) is 0 Å². The number of esters is 2. The highest BCUT2D eigenvalue weighted by Gasteiger charge is 2.23. The van der Waals surface area contributed by atoms with Gasteiger partial charge in [0.1, 0.15) is 10.6 Å². The van der Waals surface area contributed by atoms with Crippen molar-refractivity contribution in [2.75, 3.05) is 25.1 Å². The quantitative estimate of drug-likeness (QED) is 0.368. The monoisotopic (exact) mass is 460 g/mol. The van der Waals surface area contributed by atoms with Crippen LogP contribution in [0.15, 0.2) is 35.7 Å². The van der Waals surface area contributed by atoms with Gasteiger partial charge in [-0.15, -0.1) is 11.3 Å². The number of anilines is 1. The first kappa shape index (κ1) is 25.1. The van der Waals surface area contributed by atoms with E-state index in [-0.39, 0.29) is 24.5 Å². The van der Waals surface area contributed by atoms with E-state index in [0.29, 0.717) is 23.5 Å². The summed E-state index contributed by atoms with van der Waals surface area (Å²) < 4.78 is 10.2. The third-order valence-electron chi connectivity index (χ3n) is 4.40. The van der Waals surface area contributed by atoms with Crippen LogP contribution in [-0.4, -0.2) is 43.5 Å². The minimum atomic E-state index is -0.531. The highest BCUT2D eigenvalue weighted by Crippen LogP contribution is 2.36. The highest BCUT2D eigenvalue weighted by molar-refractivity contribution is 7.15. The lowest BCUT2D eigenvalue weighted by molar-refractivity contribution is -0.147. The van der Waals surface area contributed by atoms with Gasteiger partial charge in [0, 0.05) is 30.8 Å². The Morgan fingerprint density at radius 1 is 1.00 bits per heavy atom. The predicted octanol–water partition coefficient (Wildman–Crippen LogP) is 3.77. The number of thiophene rings is 1. The molecule has 0 spiro atoms. The molecule has 0 atom stereocenters. The van der Waals surface area contributed by atoms with Crippen molar-refractivity contribution in [3.8, 4) is 11.1 Å². The second-order valence-electron chi connectivity index (χ2n) is 6.94. The van der Waals surface area contributed by atoms with Crippen LogP contribution in [0, 0.1) is 0 Å². The van der Waals surface area contributed by atoms with E-state index in [1.54, 1.807) is 12.3 Å². The molecule has 0 saturated heterocycles. The molecule has 9 heteroatoms. The van der Waals surface area contributed by atoms with Crippen LogP contribution in [0.3, 0.4) is 0 Å². The molecule has 0 unspecified atom stereocenters. The summed E-state index contributed by atoms with van der Waals surface area (Å²) in [5, 5.41) is 7.47. The van der Waals surface area contributed by atoms with E-state index in [4.69, 9.17) is 9.47 Å². The molecule has 0 bridgehead atoms. The molecule has 2 aromatic rings. The van der Waals surface area contributed by atoms with Crippen molar-refractivity contribution >= 4 is 40.1 Å². The third-order valence-corrected chi connectivity index (χ3v) is 5.30. The van der Waals surface area contributed by atoms with Gasteiger partial charge in [-0.3, -0.25) is 14.4 Å². The van der Waals surface area contributed by atoms with E-state index >= 15 is 0 Å². The highest BCUT2D eigenvalue weighted by atomic mass is 32.1. The molecule has 0 aliphatic carbocycles. The molecule has 0 radical (unpaired) electrons. The summed E-state index contributed by atoms with van der Waals surface area (Å²) in [7, 11) is 0. The number of unbranched alkanes of at least 4 members (excludes halogenated alkanes) is 2. The number of amides is 2. The molecule has 0 fully saturated rings. The molecular weight excluding hydrogens is 432 g/mol. The topological polar surface area (TPSA) is 111 Å². The summed E-state index contributed by atoms with van der Waals surface area (Å²) in [6.07, 6.45) is 2.34. The van der Waals surface area contributed by atoms with Gasteiger partial charge in [-0.25, -0.2) is 4.79 Å². The van der Waals surface area contributed by atoms with Gasteiger partial charge in [-0.05, 0) is 25.3 Å². The maximum absolute atomic E-state index is 12.5. The molecule has 0 aliphatic heterocycles. The van der Waals surface area contributed by atoms with E-state index in [9.17, 15) is 19.2 Å². The van der Waals surface area contributed by atoms with Crippen molar-refractivity contribution < 1.29 is 28.7 Å². The number of ether oxygens (including phenoxy) is 2. The van der Waals surface area contributed by atoms with Gasteiger partial charge in [0.2, 0.25) is 5.91 Å². The number of hydrogen-bond acceptors (Lipinski definition) is 7. The number of rotatable bonds is 12. The second-order valence-corrected chi connectivity index (χ2v) is 7.82. The Bertz CT molecular complexity index is 926. The van der Waals surface area contributed by atoms with Gasteiger partial charge < -0.3 is 20.1 Å². The Hall–Kier alpha value is -3.20. The van der Waals surface area contributed by atoms with Crippen LogP contribution in [-0.2, 0) is 23.9 Å². The fraction of sp³-hybridized carbons (Fsp3) is 0.391. The van der Waals surface area contributed by atoms with Gasteiger partial charge in [0.15, 0.2) is 6.61 Å². The molecule has 8 nitrogen and oxygen atoms in total. The Kier molecular flexibility index (Phi) is 10.4. The number of carbonyl (C=O) groups excluding carboxylic acids is 4. The summed E-state index contributed by atoms with van der Waals surface area (Å²) >= 11 is 1.21. The Morgan fingerprint density at radius 3 is 2.44 bits per heavy atom. The number of hydrogen-bond donors (Lipinski definition) is 2. The molecule has 0 saturated carbocycles. The minimum absolute atomic E-state index is 0.0804. The Balaban J connectivity index is 1.88. The minimum Gasteiger partial charge on any atom is -0.462 e. The fourth-order valence-electron chi connectivity index (χ4n) is 2.90. The Labute approximate surface area is 191 Å². The molecule has 0 aliphatic rings. The summed E-state index contributed by atoms with van der Waals surface area (Å²) in [4.78, 5) is 47.5. The maximum atomic E-state index is 12.5. The summed E-state index contributed by atoms with van der Waals surface area (Å²) in [6.45, 7) is 3.51. The number of benzene rings is 1. The third kappa shape index (κ3) is 8.14. The molecule has 1 aromatic heterocycles. The van der Waals surface area contributed by atoms with Crippen molar-refractivity contribution in [1.82, 2.24) is 5.32 Å². The maximum Gasteiger partial charge on any atom is 0.341 e. The first-order valence-electron chi connectivity index (χ1n) is 10.5. The molecule has 32 heavy (non-hydrogen) atoms. The summed E-state index contributed by atoms with van der Waals surface area (Å²) in [5.41, 5.74) is 1.78. The zero-order valence-electron chi connectivity index (χ0n) is 18.3. The molecular formula is C23H28N2O6S. The van der Waals surface area contributed by atoms with E-state index in [1.807, 2.05) is 30.3 Å². The fourth-order valence-corrected chi connectivity index (χ4v) is 3.88. The van der Waals surface area contributed by atoms with Gasteiger partial charge >= 0.3 is 11.9 Å².